The minimum Gasteiger partial charge on any atom is -0.504 e. The Morgan fingerprint density at radius 2 is 1.78 bits per heavy atom. The highest BCUT2D eigenvalue weighted by Crippen LogP contribution is 2.35. The lowest BCUT2D eigenvalue weighted by Gasteiger charge is -2.07. The average molecular weight is 312 g/mol. The number of nitrogens with one attached hydrogen (secondary N) is 2. The lowest BCUT2D eigenvalue weighted by atomic mass is 10.1. The molecule has 3 rings (SSSR count). The molecule has 0 atom stereocenters. The summed E-state index contributed by atoms with van der Waals surface area (Å²) in [6, 6.07) is 10.1. The molecule has 1 amide bonds. The van der Waals surface area contributed by atoms with Crippen LogP contribution in [0.1, 0.15) is 15.9 Å². The van der Waals surface area contributed by atoms with Crippen molar-refractivity contribution in [1.29, 1.82) is 0 Å². The first-order chi connectivity index (χ1) is 11.1. The summed E-state index contributed by atoms with van der Waals surface area (Å²) >= 11 is 0. The Morgan fingerprint density at radius 1 is 1.09 bits per heavy atom. The van der Waals surface area contributed by atoms with Crippen LogP contribution in [0.4, 0.5) is 0 Å². The van der Waals surface area contributed by atoms with E-state index in [4.69, 9.17) is 0 Å². The first-order valence-corrected chi connectivity index (χ1v) is 7.14. The minimum atomic E-state index is -0.639. The summed E-state index contributed by atoms with van der Waals surface area (Å²) in [5, 5.41) is 32.0. The number of hydrogen-bond donors (Lipinski definition) is 5. The maximum Gasteiger partial charge on any atom is 0.251 e. The van der Waals surface area contributed by atoms with Gasteiger partial charge in [0.1, 0.15) is 0 Å². The van der Waals surface area contributed by atoms with E-state index >= 15 is 0 Å². The zero-order chi connectivity index (χ0) is 16.4. The van der Waals surface area contributed by atoms with Crippen molar-refractivity contribution in [2.24, 2.45) is 0 Å². The van der Waals surface area contributed by atoms with Gasteiger partial charge in [-0.25, -0.2) is 0 Å². The van der Waals surface area contributed by atoms with E-state index in [-0.39, 0.29) is 5.56 Å². The number of aromatic hydroxyl groups is 3. The highest BCUT2D eigenvalue weighted by Gasteiger charge is 2.13. The van der Waals surface area contributed by atoms with Crippen LogP contribution < -0.4 is 5.32 Å². The van der Waals surface area contributed by atoms with Crippen LogP contribution in [0.25, 0.3) is 10.9 Å². The van der Waals surface area contributed by atoms with Crippen LogP contribution in [0, 0.1) is 0 Å². The zero-order valence-corrected chi connectivity index (χ0v) is 12.2. The van der Waals surface area contributed by atoms with E-state index < -0.39 is 23.2 Å². The molecule has 0 aliphatic rings. The molecular formula is C17H16N2O4. The molecule has 6 heteroatoms. The van der Waals surface area contributed by atoms with E-state index in [1.165, 1.54) is 0 Å². The molecule has 5 N–H and O–H groups in total. The van der Waals surface area contributed by atoms with Gasteiger partial charge >= 0.3 is 0 Å². The summed E-state index contributed by atoms with van der Waals surface area (Å²) in [7, 11) is 0. The fourth-order valence-corrected chi connectivity index (χ4v) is 2.49. The van der Waals surface area contributed by atoms with Gasteiger partial charge in [0.25, 0.3) is 5.91 Å². The molecule has 6 nitrogen and oxygen atoms in total. The molecule has 0 radical (unpaired) electrons. The molecule has 0 fully saturated rings. The summed E-state index contributed by atoms with van der Waals surface area (Å²) in [4.78, 5) is 15.2. The molecule has 0 aliphatic carbocycles. The van der Waals surface area contributed by atoms with Crippen LogP contribution in [0.5, 0.6) is 17.2 Å². The van der Waals surface area contributed by atoms with Gasteiger partial charge in [-0.15, -0.1) is 0 Å². The Kier molecular flexibility index (Phi) is 3.80. The van der Waals surface area contributed by atoms with Crippen molar-refractivity contribution >= 4 is 16.8 Å². The number of amides is 1. The van der Waals surface area contributed by atoms with E-state index in [1.807, 2.05) is 30.5 Å². The smallest absolute Gasteiger partial charge is 0.251 e. The Hall–Kier alpha value is -3.15. The number of aromatic amines is 1. The fourth-order valence-electron chi connectivity index (χ4n) is 2.49. The van der Waals surface area contributed by atoms with Crippen LogP contribution in [0.3, 0.4) is 0 Å². The maximum absolute atomic E-state index is 12.0. The van der Waals surface area contributed by atoms with Gasteiger partial charge in [-0.2, -0.15) is 0 Å². The second-order valence-electron chi connectivity index (χ2n) is 5.23. The van der Waals surface area contributed by atoms with Gasteiger partial charge in [0.05, 0.1) is 0 Å². The monoisotopic (exact) mass is 312 g/mol. The van der Waals surface area contributed by atoms with Crippen molar-refractivity contribution in [3.8, 4) is 17.2 Å². The predicted octanol–water partition coefficient (Wildman–Crippen LogP) is 2.26. The largest absolute Gasteiger partial charge is 0.504 e. The molecule has 23 heavy (non-hydrogen) atoms. The zero-order valence-electron chi connectivity index (χ0n) is 12.2. The molecule has 0 spiro atoms. The molecule has 0 bridgehead atoms. The molecule has 0 unspecified atom stereocenters. The third-order valence-electron chi connectivity index (χ3n) is 3.69. The standard InChI is InChI=1S/C17H16N2O4/c20-14-7-11(8-15(21)16(14)22)17(23)18-6-5-10-9-19-13-4-2-1-3-12(10)13/h1-4,7-9,19-22H,5-6H2,(H,18,23). The molecule has 118 valence electrons. The number of aromatic nitrogens is 1. The van der Waals surface area contributed by atoms with Crippen molar-refractivity contribution in [1.82, 2.24) is 10.3 Å². The molecule has 2 aromatic carbocycles. The SMILES string of the molecule is O=C(NCCc1c[nH]c2ccccc12)c1cc(O)c(O)c(O)c1. The number of fused-ring (bicyclic) bond motifs is 1. The first kappa shape index (κ1) is 14.8. The van der Waals surface area contributed by atoms with Gasteiger partial charge in [0.15, 0.2) is 17.2 Å². The summed E-state index contributed by atoms with van der Waals surface area (Å²) in [6.45, 7) is 0.406. The normalized spacial score (nSPS) is 10.8. The topological polar surface area (TPSA) is 106 Å². The lowest BCUT2D eigenvalue weighted by Crippen LogP contribution is -2.25. The minimum absolute atomic E-state index is 0.0803. The molecule has 3 aromatic rings. The second kappa shape index (κ2) is 5.92. The molecule has 1 aromatic heterocycles. The predicted molar refractivity (Wildman–Crippen MR) is 85.8 cm³/mol. The molecule has 0 saturated heterocycles. The number of phenols is 3. The molecule has 0 aliphatic heterocycles. The average Bonchev–Trinajstić information content (AvgIpc) is 2.95. The van der Waals surface area contributed by atoms with Gasteiger partial charge in [-0.05, 0) is 30.2 Å². The number of carbonyl (C=O) groups excluding carboxylic acids is 1. The molecule has 0 saturated carbocycles. The summed E-state index contributed by atoms with van der Waals surface area (Å²) in [5.74, 6) is -2.14. The quantitative estimate of drug-likeness (QED) is 0.476. The third kappa shape index (κ3) is 2.91. The number of para-hydroxylation sites is 1. The van der Waals surface area contributed by atoms with Gasteiger partial charge in [0.2, 0.25) is 0 Å². The Morgan fingerprint density at radius 3 is 2.52 bits per heavy atom. The van der Waals surface area contributed by atoms with E-state index in [1.54, 1.807) is 0 Å². The van der Waals surface area contributed by atoms with Crippen molar-refractivity contribution in [3.63, 3.8) is 0 Å². The van der Waals surface area contributed by atoms with Crippen molar-refractivity contribution < 1.29 is 20.1 Å². The van der Waals surface area contributed by atoms with E-state index in [0.29, 0.717) is 13.0 Å². The lowest BCUT2D eigenvalue weighted by molar-refractivity contribution is 0.0953. The van der Waals surface area contributed by atoms with Crippen LogP contribution >= 0.6 is 0 Å². The maximum atomic E-state index is 12.0. The first-order valence-electron chi connectivity index (χ1n) is 7.14. The molecule has 1 heterocycles. The van der Waals surface area contributed by atoms with Gasteiger partial charge in [-0.3, -0.25) is 4.79 Å². The van der Waals surface area contributed by atoms with Crippen LogP contribution in [0.2, 0.25) is 0 Å². The van der Waals surface area contributed by atoms with Crippen LogP contribution in [0.15, 0.2) is 42.6 Å². The van der Waals surface area contributed by atoms with Crippen LogP contribution in [-0.2, 0) is 6.42 Å². The van der Waals surface area contributed by atoms with Gasteiger partial charge < -0.3 is 25.6 Å². The number of benzene rings is 2. The van der Waals surface area contributed by atoms with Gasteiger partial charge in [-0.1, -0.05) is 18.2 Å². The van der Waals surface area contributed by atoms with Crippen molar-refractivity contribution in [2.75, 3.05) is 6.54 Å². The van der Waals surface area contributed by atoms with Crippen molar-refractivity contribution in [2.45, 2.75) is 6.42 Å². The second-order valence-corrected chi connectivity index (χ2v) is 5.23. The van der Waals surface area contributed by atoms with E-state index in [2.05, 4.69) is 10.3 Å². The Balaban J connectivity index is 1.65. The number of carbonyl (C=O) groups is 1. The number of H-pyrrole nitrogens is 1. The highest BCUT2D eigenvalue weighted by molar-refractivity contribution is 5.95. The van der Waals surface area contributed by atoms with Crippen molar-refractivity contribution in [3.05, 3.63) is 53.7 Å². The fraction of sp³-hybridized carbons (Fsp3) is 0.118. The summed E-state index contributed by atoms with van der Waals surface area (Å²) < 4.78 is 0. The number of phenolic OH excluding ortho intramolecular Hbond substituents is 3. The third-order valence-corrected chi connectivity index (χ3v) is 3.69. The van der Waals surface area contributed by atoms with Crippen LogP contribution in [-0.4, -0.2) is 32.8 Å². The summed E-state index contributed by atoms with van der Waals surface area (Å²) in [5.41, 5.74) is 2.22. The number of rotatable bonds is 4. The van der Waals surface area contributed by atoms with E-state index in [0.717, 1.165) is 28.6 Å². The highest BCUT2D eigenvalue weighted by atomic mass is 16.3. The Labute approximate surface area is 132 Å². The Bertz CT molecular complexity index is 847. The molecular weight excluding hydrogens is 296 g/mol. The van der Waals surface area contributed by atoms with E-state index in [9.17, 15) is 20.1 Å². The number of hydrogen-bond acceptors (Lipinski definition) is 4. The van der Waals surface area contributed by atoms with Gasteiger partial charge in [0, 0.05) is 29.2 Å². The summed E-state index contributed by atoms with van der Waals surface area (Å²) in [6.07, 6.45) is 2.56.